The molecule has 5 heteroatoms. The maximum atomic E-state index is 7.07. The minimum absolute atomic E-state index is 0.0115. The number of nitrogens with one attached hydrogen (secondary N) is 1. The molecule has 9 aromatic carbocycles. The highest BCUT2D eigenvalue weighted by molar-refractivity contribution is 6.88. The third-order valence-corrected chi connectivity index (χ3v) is 16.0. The molecule has 3 heterocycles. The second-order valence-electron chi connectivity index (χ2n) is 21.3. The van der Waals surface area contributed by atoms with Crippen LogP contribution in [0.2, 0.25) is 6.82 Å². The van der Waals surface area contributed by atoms with Crippen molar-refractivity contribution >= 4 is 78.9 Å². The summed E-state index contributed by atoms with van der Waals surface area (Å²) in [6.07, 6.45) is 2.34. The molecule has 0 unspecified atom stereocenters. The summed E-state index contributed by atoms with van der Waals surface area (Å²) in [7, 11) is 0. The van der Waals surface area contributed by atoms with Gasteiger partial charge in [0.1, 0.15) is 11.3 Å². The topological polar surface area (TPSA) is 33.3 Å². The SMILES string of the molecule is CB1c2cc3oc(-c4ccccc4)c(-c4ccccc4)c3cc2-n2c3ccccc3c3c(C)cc(-c4cc(N(c5ccccc5)c5ccccc5)ccc4Nc4ccc5c(c4)C(C)(C)CCC5(C)C)c1c32. The monoisotopic (exact) mass is 917 g/mol. The van der Waals surface area contributed by atoms with Crippen LogP contribution < -0.4 is 21.1 Å². The molecule has 0 spiro atoms. The van der Waals surface area contributed by atoms with Crippen molar-refractivity contribution in [2.45, 2.75) is 65.1 Å². The summed E-state index contributed by atoms with van der Waals surface area (Å²) < 4.78 is 9.64. The fourth-order valence-electron chi connectivity index (χ4n) is 12.3. The lowest BCUT2D eigenvalue weighted by molar-refractivity contribution is 0.332. The molecule has 11 aromatic rings. The maximum Gasteiger partial charge on any atom is 0.212 e. The molecule has 1 N–H and O–H groups in total. The Balaban J connectivity index is 1.08. The Labute approximate surface area is 417 Å². The number of benzene rings is 9. The Morgan fingerprint density at radius 3 is 1.87 bits per heavy atom. The first-order valence-electron chi connectivity index (χ1n) is 25.3. The minimum Gasteiger partial charge on any atom is -0.455 e. The van der Waals surface area contributed by atoms with Gasteiger partial charge in [0.25, 0.3) is 0 Å². The molecule has 2 aliphatic rings. The summed E-state index contributed by atoms with van der Waals surface area (Å²) >= 11 is 0. The van der Waals surface area contributed by atoms with Gasteiger partial charge in [-0.2, -0.15) is 0 Å². The van der Waals surface area contributed by atoms with E-state index in [0.29, 0.717) is 0 Å². The van der Waals surface area contributed by atoms with Gasteiger partial charge in [0.2, 0.25) is 6.71 Å². The molecular formula is C66H56BN3O. The van der Waals surface area contributed by atoms with Crippen molar-refractivity contribution in [3.05, 3.63) is 217 Å². The fourth-order valence-corrected chi connectivity index (χ4v) is 12.3. The van der Waals surface area contributed by atoms with Gasteiger partial charge < -0.3 is 19.2 Å². The van der Waals surface area contributed by atoms with Gasteiger partial charge in [-0.25, -0.2) is 0 Å². The highest BCUT2D eigenvalue weighted by atomic mass is 16.3. The van der Waals surface area contributed by atoms with Crippen LogP contribution in [0.25, 0.3) is 72.0 Å². The quantitative estimate of drug-likeness (QED) is 0.154. The van der Waals surface area contributed by atoms with Gasteiger partial charge in [-0.15, -0.1) is 0 Å². The molecule has 1 aliphatic carbocycles. The van der Waals surface area contributed by atoms with Crippen molar-refractivity contribution in [2.24, 2.45) is 0 Å². The highest BCUT2D eigenvalue weighted by Crippen LogP contribution is 2.49. The van der Waals surface area contributed by atoms with Gasteiger partial charge in [-0.1, -0.05) is 162 Å². The Hall–Kier alpha value is -8.02. The van der Waals surface area contributed by atoms with Crippen LogP contribution in [-0.2, 0) is 10.8 Å². The first-order chi connectivity index (χ1) is 34.5. The largest absolute Gasteiger partial charge is 0.455 e. The molecule has 1 aliphatic heterocycles. The van der Waals surface area contributed by atoms with Gasteiger partial charge in [0.15, 0.2) is 0 Å². The standard InChI is InChI=1S/C66H56BN3O/c1-42-37-51(50-39-48(69(46-25-15-9-16-26-46)47-27-17-10-18-28-47)32-34-56(50)68-45-31-33-53-54(38-45)66(4,5)36-35-65(53,2)3)62-63-60(42)49-29-19-20-30-57(49)70(63)58-40-52-59(41-55(58)67(62)6)71-64(44-23-13-8-14-24-44)61(52)43-21-11-7-12-22-43/h7-34,37-41,68H,35-36H2,1-6H3. The number of furan rings is 1. The lowest BCUT2D eigenvalue weighted by Gasteiger charge is -2.42. The average Bonchev–Trinajstić information content (AvgIpc) is 3.95. The summed E-state index contributed by atoms with van der Waals surface area (Å²) in [5.41, 5.74) is 22.6. The van der Waals surface area contributed by atoms with E-state index in [4.69, 9.17) is 4.42 Å². The van der Waals surface area contributed by atoms with E-state index in [1.807, 2.05) is 0 Å². The van der Waals surface area contributed by atoms with Crippen molar-refractivity contribution in [1.29, 1.82) is 0 Å². The molecule has 0 fully saturated rings. The molecule has 4 nitrogen and oxygen atoms in total. The van der Waals surface area contributed by atoms with E-state index < -0.39 is 0 Å². The van der Waals surface area contributed by atoms with E-state index in [-0.39, 0.29) is 17.5 Å². The van der Waals surface area contributed by atoms with Crippen molar-refractivity contribution < 1.29 is 4.42 Å². The first kappa shape index (κ1) is 43.0. The first-order valence-corrected chi connectivity index (χ1v) is 25.3. The lowest BCUT2D eigenvalue weighted by atomic mass is 9.40. The normalized spacial score (nSPS) is 14.4. The molecule has 0 radical (unpaired) electrons. The Morgan fingerprint density at radius 2 is 1.18 bits per heavy atom. The van der Waals surface area contributed by atoms with Crippen molar-refractivity contribution in [3.8, 4) is 39.3 Å². The van der Waals surface area contributed by atoms with Crippen LogP contribution in [0.5, 0.6) is 0 Å². The van der Waals surface area contributed by atoms with Crippen LogP contribution in [-0.4, -0.2) is 11.3 Å². The summed E-state index contributed by atoms with van der Waals surface area (Å²) in [5, 5.41) is 7.75. The van der Waals surface area contributed by atoms with Gasteiger partial charge in [-0.3, -0.25) is 0 Å². The molecule has 0 saturated heterocycles. The summed E-state index contributed by atoms with van der Waals surface area (Å²) in [6.45, 7) is 14.4. The molecule has 0 bridgehead atoms. The number of rotatable bonds is 8. The van der Waals surface area contributed by atoms with E-state index >= 15 is 0 Å². The second kappa shape index (κ2) is 16.3. The van der Waals surface area contributed by atoms with E-state index in [1.54, 1.807) is 0 Å². The number of aryl methyl sites for hydroxylation is 1. The third kappa shape index (κ3) is 6.88. The second-order valence-corrected chi connectivity index (χ2v) is 21.3. The Kier molecular flexibility index (Phi) is 9.87. The third-order valence-electron chi connectivity index (χ3n) is 16.0. The predicted octanol–water partition coefficient (Wildman–Crippen LogP) is 17.0. The van der Waals surface area contributed by atoms with Crippen LogP contribution in [0.4, 0.5) is 28.4 Å². The molecule has 71 heavy (non-hydrogen) atoms. The molecule has 13 rings (SSSR count). The van der Waals surface area contributed by atoms with E-state index in [2.05, 4.69) is 256 Å². The highest BCUT2D eigenvalue weighted by Gasteiger charge is 2.38. The van der Waals surface area contributed by atoms with E-state index in [1.165, 1.54) is 67.1 Å². The molecule has 2 aromatic heterocycles. The van der Waals surface area contributed by atoms with Crippen LogP contribution in [0.1, 0.15) is 57.2 Å². The number of anilines is 5. The zero-order valence-electron chi connectivity index (χ0n) is 41.3. The number of hydrogen-bond donors (Lipinski definition) is 1. The van der Waals surface area contributed by atoms with Crippen molar-refractivity contribution in [3.63, 3.8) is 0 Å². The number of hydrogen-bond acceptors (Lipinski definition) is 3. The summed E-state index contributed by atoms with van der Waals surface area (Å²) in [5.74, 6) is 0.890. The number of aromatic nitrogens is 1. The smallest absolute Gasteiger partial charge is 0.212 e. The van der Waals surface area contributed by atoms with Gasteiger partial charge in [-0.05, 0) is 142 Å². The number of para-hydroxylation sites is 3. The minimum atomic E-state index is 0.0115. The Morgan fingerprint density at radius 1 is 0.563 bits per heavy atom. The Bertz CT molecular complexity index is 3830. The van der Waals surface area contributed by atoms with Crippen LogP contribution in [0.15, 0.2) is 205 Å². The molecular weight excluding hydrogens is 862 g/mol. The predicted molar refractivity (Wildman–Crippen MR) is 302 cm³/mol. The van der Waals surface area contributed by atoms with Crippen LogP contribution in [0.3, 0.4) is 0 Å². The van der Waals surface area contributed by atoms with Gasteiger partial charge >= 0.3 is 0 Å². The fraction of sp³-hybridized carbons (Fsp3) is 0.152. The molecule has 0 saturated carbocycles. The van der Waals surface area contributed by atoms with E-state index in [0.717, 1.165) is 73.8 Å². The summed E-state index contributed by atoms with van der Waals surface area (Å²) in [4.78, 5) is 2.38. The number of nitrogens with zero attached hydrogens (tertiary/aromatic N) is 2. The van der Waals surface area contributed by atoms with Gasteiger partial charge in [0.05, 0.1) is 5.52 Å². The molecule has 0 amide bonds. The van der Waals surface area contributed by atoms with Crippen LogP contribution in [0, 0.1) is 6.92 Å². The van der Waals surface area contributed by atoms with Crippen molar-refractivity contribution in [1.82, 2.24) is 4.57 Å². The summed E-state index contributed by atoms with van der Waals surface area (Å²) in [6, 6.07) is 73.2. The zero-order valence-corrected chi connectivity index (χ0v) is 41.3. The number of fused-ring (bicyclic) bond motifs is 7. The molecule has 0 atom stereocenters. The van der Waals surface area contributed by atoms with Crippen LogP contribution >= 0.6 is 0 Å². The van der Waals surface area contributed by atoms with Crippen molar-refractivity contribution in [2.75, 3.05) is 10.2 Å². The van der Waals surface area contributed by atoms with E-state index in [9.17, 15) is 0 Å². The lowest BCUT2D eigenvalue weighted by Crippen LogP contribution is -2.46. The average molecular weight is 918 g/mol. The molecule has 344 valence electrons. The maximum absolute atomic E-state index is 7.07. The zero-order chi connectivity index (χ0) is 48.2. The van der Waals surface area contributed by atoms with Gasteiger partial charge in [0, 0.05) is 72.5 Å².